The van der Waals surface area contributed by atoms with E-state index in [0.717, 1.165) is 25.9 Å². The molecular weight excluding hydrogens is 271 g/mol. The van der Waals surface area contributed by atoms with E-state index in [4.69, 9.17) is 0 Å². The number of carbonyl (C=O) groups is 1. The Morgan fingerprint density at radius 2 is 1.28 bits per heavy atom. The van der Waals surface area contributed by atoms with E-state index >= 15 is 0 Å². The SMILES string of the molecule is Cl.Cl.O=C(C[C@@H]1CCCCN1)C[C@@H]1CCCCN1. The molecule has 0 amide bonds. The highest BCUT2D eigenvalue weighted by Crippen LogP contribution is 2.15. The Balaban J connectivity index is 0.00000144. The van der Waals surface area contributed by atoms with Crippen molar-refractivity contribution in [1.29, 1.82) is 0 Å². The van der Waals surface area contributed by atoms with Gasteiger partial charge in [-0.15, -0.1) is 24.8 Å². The summed E-state index contributed by atoms with van der Waals surface area (Å²) >= 11 is 0. The third-order valence-corrected chi connectivity index (χ3v) is 3.77. The van der Waals surface area contributed by atoms with Crippen LogP contribution in [0.1, 0.15) is 51.4 Å². The summed E-state index contributed by atoms with van der Waals surface area (Å²) in [6.07, 6.45) is 8.98. The van der Waals surface area contributed by atoms with Crippen molar-refractivity contribution in [2.24, 2.45) is 0 Å². The number of Topliss-reactive ketones (excluding diaryl/α,β-unsaturated/α-hetero) is 1. The number of rotatable bonds is 4. The van der Waals surface area contributed by atoms with E-state index in [0.29, 0.717) is 17.9 Å². The molecule has 2 atom stereocenters. The van der Waals surface area contributed by atoms with E-state index < -0.39 is 0 Å². The van der Waals surface area contributed by atoms with E-state index in [-0.39, 0.29) is 24.8 Å². The number of piperidine rings is 2. The molecule has 0 aromatic heterocycles. The molecule has 0 spiro atoms. The highest BCUT2D eigenvalue weighted by atomic mass is 35.5. The van der Waals surface area contributed by atoms with E-state index in [1.165, 1.54) is 38.5 Å². The van der Waals surface area contributed by atoms with Crippen LogP contribution in [0.4, 0.5) is 0 Å². The van der Waals surface area contributed by atoms with Crippen LogP contribution in [0, 0.1) is 0 Å². The maximum atomic E-state index is 11.9. The van der Waals surface area contributed by atoms with Gasteiger partial charge in [0.15, 0.2) is 0 Å². The lowest BCUT2D eigenvalue weighted by Crippen LogP contribution is -2.39. The van der Waals surface area contributed by atoms with Crippen molar-refractivity contribution in [1.82, 2.24) is 10.6 Å². The second kappa shape index (κ2) is 10.0. The van der Waals surface area contributed by atoms with Crippen molar-refractivity contribution >= 4 is 30.6 Å². The molecule has 0 saturated carbocycles. The number of ketones is 1. The molecular formula is C13H26Cl2N2O. The van der Waals surface area contributed by atoms with Gasteiger partial charge in [0.2, 0.25) is 0 Å². The van der Waals surface area contributed by atoms with Gasteiger partial charge in [-0.3, -0.25) is 4.79 Å². The van der Waals surface area contributed by atoms with Gasteiger partial charge in [-0.05, 0) is 38.8 Å². The lowest BCUT2D eigenvalue weighted by Gasteiger charge is -2.25. The molecule has 0 unspecified atom stereocenters. The number of hydrogen-bond donors (Lipinski definition) is 2. The molecule has 0 aromatic rings. The van der Waals surface area contributed by atoms with Crippen LogP contribution in [-0.2, 0) is 4.79 Å². The molecule has 0 aromatic carbocycles. The highest BCUT2D eigenvalue weighted by molar-refractivity contribution is 5.85. The van der Waals surface area contributed by atoms with Crippen LogP contribution < -0.4 is 10.6 Å². The van der Waals surface area contributed by atoms with Gasteiger partial charge in [-0.25, -0.2) is 0 Å². The average molecular weight is 297 g/mol. The number of carbonyl (C=O) groups excluding carboxylic acids is 1. The smallest absolute Gasteiger partial charge is 0.136 e. The maximum absolute atomic E-state index is 11.9. The lowest BCUT2D eigenvalue weighted by atomic mass is 9.94. The molecule has 2 saturated heterocycles. The second-order valence-corrected chi connectivity index (χ2v) is 5.24. The van der Waals surface area contributed by atoms with E-state index in [9.17, 15) is 4.79 Å². The standard InChI is InChI=1S/C13H24N2O.2ClH/c16-13(9-11-5-1-3-7-14-11)10-12-6-2-4-8-15-12;;/h11-12,14-15H,1-10H2;2*1H/t11-,12-;;/m0../s1. The number of hydrogen-bond acceptors (Lipinski definition) is 3. The van der Waals surface area contributed by atoms with Crippen LogP contribution in [0.5, 0.6) is 0 Å². The van der Waals surface area contributed by atoms with Crippen LogP contribution in [0.3, 0.4) is 0 Å². The zero-order valence-corrected chi connectivity index (χ0v) is 12.6. The summed E-state index contributed by atoms with van der Waals surface area (Å²) in [6.45, 7) is 2.19. The summed E-state index contributed by atoms with van der Waals surface area (Å²) in [7, 11) is 0. The zero-order valence-electron chi connectivity index (χ0n) is 11.0. The molecule has 2 aliphatic rings. The van der Waals surface area contributed by atoms with Crippen molar-refractivity contribution in [2.45, 2.75) is 63.5 Å². The topological polar surface area (TPSA) is 41.1 Å². The number of nitrogens with one attached hydrogen (secondary N) is 2. The van der Waals surface area contributed by atoms with Crippen LogP contribution in [0.15, 0.2) is 0 Å². The van der Waals surface area contributed by atoms with Crippen molar-refractivity contribution < 1.29 is 4.79 Å². The first-order chi connectivity index (χ1) is 7.84. The molecule has 2 aliphatic heterocycles. The quantitative estimate of drug-likeness (QED) is 0.837. The van der Waals surface area contributed by atoms with Gasteiger partial charge in [-0.2, -0.15) is 0 Å². The minimum Gasteiger partial charge on any atom is -0.314 e. The fourth-order valence-electron chi connectivity index (χ4n) is 2.83. The van der Waals surface area contributed by atoms with Gasteiger partial charge < -0.3 is 10.6 Å². The van der Waals surface area contributed by atoms with Crippen LogP contribution in [0.25, 0.3) is 0 Å². The Kier molecular flexibility index (Phi) is 10.1. The van der Waals surface area contributed by atoms with Gasteiger partial charge in [-0.1, -0.05) is 12.8 Å². The molecule has 0 aliphatic carbocycles. The molecule has 0 bridgehead atoms. The normalized spacial score (nSPS) is 27.8. The van der Waals surface area contributed by atoms with Gasteiger partial charge >= 0.3 is 0 Å². The molecule has 5 heteroatoms. The summed E-state index contributed by atoms with van der Waals surface area (Å²) in [6, 6.07) is 0.926. The van der Waals surface area contributed by atoms with E-state index in [2.05, 4.69) is 10.6 Å². The van der Waals surface area contributed by atoms with Crippen LogP contribution >= 0.6 is 24.8 Å². The molecule has 18 heavy (non-hydrogen) atoms. The third-order valence-electron chi connectivity index (χ3n) is 3.77. The summed E-state index contributed by atoms with van der Waals surface area (Å²) < 4.78 is 0. The first-order valence-electron chi connectivity index (χ1n) is 6.83. The van der Waals surface area contributed by atoms with Gasteiger partial charge in [0.25, 0.3) is 0 Å². The summed E-state index contributed by atoms with van der Waals surface area (Å²) in [5, 5.41) is 6.89. The van der Waals surface area contributed by atoms with Crippen molar-refractivity contribution in [2.75, 3.05) is 13.1 Å². The van der Waals surface area contributed by atoms with Crippen molar-refractivity contribution in [3.8, 4) is 0 Å². The molecule has 2 rings (SSSR count). The van der Waals surface area contributed by atoms with E-state index in [1.54, 1.807) is 0 Å². The molecule has 2 N–H and O–H groups in total. The largest absolute Gasteiger partial charge is 0.314 e. The Morgan fingerprint density at radius 3 is 1.61 bits per heavy atom. The van der Waals surface area contributed by atoms with E-state index in [1.807, 2.05) is 0 Å². The zero-order chi connectivity index (χ0) is 11.2. The molecule has 2 fully saturated rings. The van der Waals surface area contributed by atoms with Crippen LogP contribution in [0.2, 0.25) is 0 Å². The Bertz CT molecular complexity index is 205. The van der Waals surface area contributed by atoms with Gasteiger partial charge in [0.05, 0.1) is 0 Å². The van der Waals surface area contributed by atoms with Crippen molar-refractivity contribution in [3.05, 3.63) is 0 Å². The molecule has 0 radical (unpaired) electrons. The summed E-state index contributed by atoms with van der Waals surface area (Å²) in [5.74, 6) is 0.443. The van der Waals surface area contributed by atoms with Gasteiger partial charge in [0.1, 0.15) is 5.78 Å². The first-order valence-corrected chi connectivity index (χ1v) is 6.83. The lowest BCUT2D eigenvalue weighted by molar-refractivity contribution is -0.120. The second-order valence-electron chi connectivity index (χ2n) is 5.24. The third kappa shape index (κ3) is 6.37. The minimum absolute atomic E-state index is 0. The Hall–Kier alpha value is 0.170. The fraction of sp³-hybridized carbons (Fsp3) is 0.923. The summed E-state index contributed by atoms with van der Waals surface area (Å²) in [5.41, 5.74) is 0. The maximum Gasteiger partial charge on any atom is 0.136 e. The minimum atomic E-state index is 0. The molecule has 2 heterocycles. The van der Waals surface area contributed by atoms with Gasteiger partial charge in [0, 0.05) is 24.9 Å². The first kappa shape index (κ1) is 18.2. The monoisotopic (exact) mass is 296 g/mol. The van der Waals surface area contributed by atoms with Crippen LogP contribution in [-0.4, -0.2) is 31.0 Å². The fourth-order valence-corrected chi connectivity index (χ4v) is 2.83. The molecule has 108 valence electrons. The Morgan fingerprint density at radius 1 is 0.833 bits per heavy atom. The predicted molar refractivity (Wildman–Crippen MR) is 80.0 cm³/mol. The average Bonchev–Trinajstić information content (AvgIpc) is 2.31. The predicted octanol–water partition coefficient (Wildman–Crippen LogP) is 2.46. The number of halogens is 2. The molecule has 3 nitrogen and oxygen atoms in total. The Labute approximate surface area is 123 Å². The van der Waals surface area contributed by atoms with Crippen molar-refractivity contribution in [3.63, 3.8) is 0 Å². The highest BCUT2D eigenvalue weighted by Gasteiger charge is 2.20. The summed E-state index contributed by atoms with van der Waals surface area (Å²) in [4.78, 5) is 11.9.